The quantitative estimate of drug-likeness (QED) is 0.274. The second-order valence-electron chi connectivity index (χ2n) is 9.99. The van der Waals surface area contributed by atoms with Crippen LogP contribution in [0.25, 0.3) is 0 Å². The molecule has 0 saturated heterocycles. The van der Waals surface area contributed by atoms with E-state index in [0.717, 1.165) is 17.9 Å². The van der Waals surface area contributed by atoms with Gasteiger partial charge in [0.2, 0.25) is 5.95 Å². The summed E-state index contributed by atoms with van der Waals surface area (Å²) in [5.74, 6) is 2.70. The van der Waals surface area contributed by atoms with Crippen LogP contribution in [-0.2, 0) is 15.8 Å². The fourth-order valence-corrected chi connectivity index (χ4v) is 5.86. The number of aromatic nitrogens is 2. The van der Waals surface area contributed by atoms with E-state index in [1.54, 1.807) is 24.3 Å². The van der Waals surface area contributed by atoms with Gasteiger partial charge in [-0.15, -0.1) is 0 Å². The summed E-state index contributed by atoms with van der Waals surface area (Å²) in [6, 6.07) is 7.36. The molecule has 4 rings (SSSR count). The van der Waals surface area contributed by atoms with Crippen LogP contribution in [0.4, 0.5) is 17.5 Å². The topological polar surface area (TPSA) is 108 Å². The van der Waals surface area contributed by atoms with Gasteiger partial charge in [0.1, 0.15) is 10.8 Å². The molecule has 0 amide bonds. The molecule has 0 radical (unpaired) electrons. The highest BCUT2D eigenvalue weighted by molar-refractivity contribution is 7.79. The molecule has 2 aromatic rings. The third kappa shape index (κ3) is 6.90. The molecule has 2 atom stereocenters. The Morgan fingerprint density at radius 2 is 1.89 bits per heavy atom. The van der Waals surface area contributed by atoms with Crippen molar-refractivity contribution in [1.82, 2.24) is 15.3 Å². The standard InChI is InChI=1S/C27H36ClN5O3S/c1-16(2)36-24-14-20(18-9-11-19(29-4)12-10-18)17(3)13-23(24)32-27-30-15-21(28)26(33-27)31-22-7-5-6-8-25(22)37(34)35/h5-8,13,15-16,18-20,29H,9-12,14H2,1-4H3,(H,34,35)(H2,30,31,32,33). The monoisotopic (exact) mass is 545 g/mol. The summed E-state index contributed by atoms with van der Waals surface area (Å²) in [7, 11) is 2.05. The molecular weight excluding hydrogens is 510 g/mol. The van der Waals surface area contributed by atoms with Crippen molar-refractivity contribution < 1.29 is 13.5 Å². The van der Waals surface area contributed by atoms with Crippen molar-refractivity contribution >= 4 is 40.1 Å². The first-order chi connectivity index (χ1) is 17.7. The molecule has 1 heterocycles. The molecule has 2 aliphatic rings. The molecule has 200 valence electrons. The van der Waals surface area contributed by atoms with Gasteiger partial charge in [-0.2, -0.15) is 4.98 Å². The number of halogens is 1. The normalized spacial score (nSPS) is 23.0. The number of nitrogens with zero attached hydrogens (tertiary/aromatic N) is 2. The number of benzene rings is 1. The van der Waals surface area contributed by atoms with Gasteiger partial charge >= 0.3 is 0 Å². The van der Waals surface area contributed by atoms with Crippen molar-refractivity contribution in [3.8, 4) is 0 Å². The average molecular weight is 546 g/mol. The Hall–Kier alpha value is -2.46. The molecule has 1 saturated carbocycles. The maximum Gasteiger partial charge on any atom is 0.229 e. The molecule has 10 heteroatoms. The van der Waals surface area contributed by atoms with E-state index in [9.17, 15) is 8.76 Å². The SMILES string of the molecule is CNC1CCC(C2CC(OC(C)C)=C(Nc3ncc(Cl)c(Nc4ccccc4S(=O)O)n3)C=C2C)CC1. The van der Waals surface area contributed by atoms with Gasteiger partial charge in [0.05, 0.1) is 28.6 Å². The molecule has 8 nitrogen and oxygen atoms in total. The van der Waals surface area contributed by atoms with Gasteiger partial charge in [0.25, 0.3) is 0 Å². The molecule has 2 unspecified atom stereocenters. The third-order valence-corrected chi connectivity index (χ3v) is 8.12. The van der Waals surface area contributed by atoms with Crippen molar-refractivity contribution in [3.05, 3.63) is 58.6 Å². The van der Waals surface area contributed by atoms with Gasteiger partial charge < -0.3 is 25.2 Å². The van der Waals surface area contributed by atoms with Crippen molar-refractivity contribution in [3.63, 3.8) is 0 Å². The number of hydrogen-bond donors (Lipinski definition) is 4. The van der Waals surface area contributed by atoms with Crippen LogP contribution < -0.4 is 16.0 Å². The van der Waals surface area contributed by atoms with E-state index in [2.05, 4.69) is 46.0 Å². The van der Waals surface area contributed by atoms with E-state index in [0.29, 0.717) is 40.4 Å². The highest BCUT2D eigenvalue weighted by Crippen LogP contribution is 2.41. The number of hydrogen-bond acceptors (Lipinski definition) is 7. The zero-order valence-corrected chi connectivity index (χ0v) is 23.3. The van der Waals surface area contributed by atoms with Gasteiger partial charge in [0.15, 0.2) is 16.9 Å². The fourth-order valence-electron chi connectivity index (χ4n) is 5.22. The molecule has 37 heavy (non-hydrogen) atoms. The van der Waals surface area contributed by atoms with Crippen LogP contribution in [0.5, 0.6) is 0 Å². The summed E-state index contributed by atoms with van der Waals surface area (Å²) < 4.78 is 27.6. The second kappa shape index (κ2) is 12.4. The van der Waals surface area contributed by atoms with Crippen LogP contribution in [0.15, 0.2) is 58.5 Å². The predicted octanol–water partition coefficient (Wildman–Crippen LogP) is 6.25. The van der Waals surface area contributed by atoms with Crippen LogP contribution in [0, 0.1) is 11.8 Å². The Morgan fingerprint density at radius 1 is 1.16 bits per heavy atom. The zero-order valence-electron chi connectivity index (χ0n) is 21.8. The van der Waals surface area contributed by atoms with Crippen LogP contribution >= 0.6 is 11.6 Å². The summed E-state index contributed by atoms with van der Waals surface area (Å²) in [6.07, 6.45) is 9.39. The van der Waals surface area contributed by atoms with Crippen LogP contribution in [0.2, 0.25) is 5.02 Å². The zero-order chi connectivity index (χ0) is 26.5. The van der Waals surface area contributed by atoms with Gasteiger partial charge in [-0.25, -0.2) is 9.19 Å². The molecule has 2 aliphatic carbocycles. The number of para-hydroxylation sites is 1. The molecule has 1 fully saturated rings. The number of anilines is 3. The Kier molecular flexibility index (Phi) is 9.23. The molecule has 1 aromatic carbocycles. The lowest BCUT2D eigenvalue weighted by Crippen LogP contribution is -2.33. The highest BCUT2D eigenvalue weighted by Gasteiger charge is 2.32. The van der Waals surface area contributed by atoms with Gasteiger partial charge in [-0.1, -0.05) is 29.3 Å². The Labute approximate surface area is 226 Å². The van der Waals surface area contributed by atoms with Crippen molar-refractivity contribution in [2.75, 3.05) is 17.7 Å². The second-order valence-corrected chi connectivity index (χ2v) is 11.3. The number of ether oxygens (including phenoxy) is 1. The van der Waals surface area contributed by atoms with Crippen molar-refractivity contribution in [1.29, 1.82) is 0 Å². The lowest BCUT2D eigenvalue weighted by atomic mass is 9.72. The molecule has 1 aromatic heterocycles. The third-order valence-electron chi connectivity index (χ3n) is 7.11. The van der Waals surface area contributed by atoms with Crippen molar-refractivity contribution in [2.24, 2.45) is 11.8 Å². The molecule has 0 spiro atoms. The summed E-state index contributed by atoms with van der Waals surface area (Å²) in [4.78, 5) is 9.16. The Balaban J connectivity index is 1.56. The molecule has 0 aliphatic heterocycles. The summed E-state index contributed by atoms with van der Waals surface area (Å²) in [6.45, 7) is 6.27. The largest absolute Gasteiger partial charge is 0.493 e. The minimum absolute atomic E-state index is 0.0403. The molecular formula is C27H36ClN5O3S. The molecule has 4 N–H and O–H groups in total. The number of nitrogens with one attached hydrogen (secondary N) is 3. The van der Waals surface area contributed by atoms with E-state index < -0.39 is 11.1 Å². The fraction of sp³-hybridized carbons (Fsp3) is 0.481. The summed E-state index contributed by atoms with van der Waals surface area (Å²) in [5.41, 5.74) is 2.62. The van der Waals surface area contributed by atoms with E-state index >= 15 is 0 Å². The number of allylic oxidation sites excluding steroid dienone is 3. The van der Waals surface area contributed by atoms with Crippen molar-refractivity contribution in [2.45, 2.75) is 69.9 Å². The lowest BCUT2D eigenvalue weighted by molar-refractivity contribution is 0.120. The maximum absolute atomic E-state index is 11.7. The average Bonchev–Trinajstić information content (AvgIpc) is 2.87. The molecule has 0 bridgehead atoms. The van der Waals surface area contributed by atoms with Crippen LogP contribution in [0.1, 0.15) is 52.9 Å². The Morgan fingerprint density at radius 3 is 2.57 bits per heavy atom. The van der Waals surface area contributed by atoms with E-state index in [1.807, 2.05) is 13.8 Å². The number of rotatable bonds is 9. The summed E-state index contributed by atoms with van der Waals surface area (Å²) >= 11 is 4.21. The minimum Gasteiger partial charge on any atom is -0.493 e. The highest BCUT2D eigenvalue weighted by atomic mass is 35.5. The minimum atomic E-state index is -2.15. The van der Waals surface area contributed by atoms with Crippen LogP contribution in [0.3, 0.4) is 0 Å². The van der Waals surface area contributed by atoms with E-state index in [1.165, 1.54) is 37.5 Å². The Bertz CT molecular complexity index is 1190. The van der Waals surface area contributed by atoms with Gasteiger partial charge in [0, 0.05) is 12.5 Å². The lowest BCUT2D eigenvalue weighted by Gasteiger charge is -2.37. The first-order valence-electron chi connectivity index (χ1n) is 12.8. The summed E-state index contributed by atoms with van der Waals surface area (Å²) in [5, 5.41) is 10.1. The maximum atomic E-state index is 11.7. The predicted molar refractivity (Wildman–Crippen MR) is 149 cm³/mol. The first-order valence-corrected chi connectivity index (χ1v) is 14.2. The van der Waals surface area contributed by atoms with Crippen LogP contribution in [-0.4, -0.2) is 37.9 Å². The van der Waals surface area contributed by atoms with E-state index in [-0.39, 0.29) is 11.0 Å². The van der Waals surface area contributed by atoms with Gasteiger partial charge in [-0.05, 0) is 83.5 Å². The smallest absolute Gasteiger partial charge is 0.229 e. The van der Waals surface area contributed by atoms with Gasteiger partial charge in [-0.3, -0.25) is 0 Å². The first kappa shape index (κ1) is 27.6. The van der Waals surface area contributed by atoms with E-state index in [4.69, 9.17) is 16.3 Å².